The highest BCUT2D eigenvalue weighted by Gasteiger charge is 2.37. The number of ether oxygens (including phenoxy) is 1. The summed E-state index contributed by atoms with van der Waals surface area (Å²) in [6, 6.07) is 10.7. The number of hydrogen-bond acceptors (Lipinski definition) is 5. The molecule has 2 amide bonds. The summed E-state index contributed by atoms with van der Waals surface area (Å²) in [5.74, 6) is 0.230. The van der Waals surface area contributed by atoms with Crippen molar-refractivity contribution in [2.45, 2.75) is 18.9 Å². The third-order valence-electron chi connectivity index (χ3n) is 4.59. The SMILES string of the molecule is CNC(=O)c1cc(C(=O)N[C@H]2C[C@@H]2CO)cc(Cc2cccc(OC)c2)n1. The van der Waals surface area contributed by atoms with Crippen LogP contribution in [0.3, 0.4) is 0 Å². The van der Waals surface area contributed by atoms with Crippen molar-refractivity contribution in [1.29, 1.82) is 0 Å². The first-order chi connectivity index (χ1) is 13.0. The minimum Gasteiger partial charge on any atom is -0.497 e. The first-order valence-corrected chi connectivity index (χ1v) is 8.81. The molecular formula is C20H23N3O4. The Hall–Kier alpha value is -2.93. The largest absolute Gasteiger partial charge is 0.497 e. The van der Waals surface area contributed by atoms with Gasteiger partial charge in [-0.1, -0.05) is 12.1 Å². The maximum Gasteiger partial charge on any atom is 0.269 e. The number of pyridine rings is 1. The lowest BCUT2D eigenvalue weighted by Gasteiger charge is -2.10. The number of amides is 2. The third-order valence-corrected chi connectivity index (χ3v) is 4.59. The van der Waals surface area contributed by atoms with Gasteiger partial charge < -0.3 is 20.5 Å². The molecule has 7 heteroatoms. The molecule has 1 aromatic heterocycles. The molecule has 1 aromatic carbocycles. The Bertz CT molecular complexity index is 853. The van der Waals surface area contributed by atoms with E-state index >= 15 is 0 Å². The number of carbonyl (C=O) groups is 2. The van der Waals surface area contributed by atoms with E-state index < -0.39 is 0 Å². The Labute approximate surface area is 157 Å². The monoisotopic (exact) mass is 369 g/mol. The highest BCUT2D eigenvalue weighted by molar-refractivity contribution is 5.98. The fraction of sp³-hybridized carbons (Fsp3) is 0.350. The molecule has 7 nitrogen and oxygen atoms in total. The molecule has 1 fully saturated rings. The summed E-state index contributed by atoms with van der Waals surface area (Å²) in [5, 5.41) is 14.6. The van der Waals surface area contributed by atoms with Gasteiger partial charge in [0.2, 0.25) is 0 Å². The van der Waals surface area contributed by atoms with Crippen LogP contribution in [0.1, 0.15) is 38.5 Å². The number of rotatable bonds is 7. The second-order valence-electron chi connectivity index (χ2n) is 6.60. The minimum atomic E-state index is -0.351. The third kappa shape index (κ3) is 4.62. The van der Waals surface area contributed by atoms with E-state index in [1.54, 1.807) is 13.2 Å². The number of methoxy groups -OCH3 is 1. The fourth-order valence-corrected chi connectivity index (χ4v) is 2.92. The average molecular weight is 369 g/mol. The van der Waals surface area contributed by atoms with Crippen LogP contribution >= 0.6 is 0 Å². The maximum atomic E-state index is 12.6. The predicted octanol–water partition coefficient (Wildman–Crippen LogP) is 1.15. The molecule has 1 aliphatic carbocycles. The summed E-state index contributed by atoms with van der Waals surface area (Å²) < 4.78 is 5.24. The number of hydrogen-bond donors (Lipinski definition) is 3. The molecule has 142 valence electrons. The van der Waals surface area contributed by atoms with E-state index in [0.717, 1.165) is 17.7 Å². The zero-order valence-electron chi connectivity index (χ0n) is 15.4. The molecular weight excluding hydrogens is 346 g/mol. The normalized spacial score (nSPS) is 17.9. The number of aliphatic hydroxyl groups excluding tert-OH is 1. The number of nitrogens with zero attached hydrogens (tertiary/aromatic N) is 1. The van der Waals surface area contributed by atoms with E-state index in [9.17, 15) is 9.59 Å². The van der Waals surface area contributed by atoms with Crippen LogP contribution in [0.15, 0.2) is 36.4 Å². The summed E-state index contributed by atoms with van der Waals surface area (Å²) >= 11 is 0. The van der Waals surface area contributed by atoms with Crippen LogP contribution in [0.4, 0.5) is 0 Å². The zero-order chi connectivity index (χ0) is 19.4. The first kappa shape index (κ1) is 18.8. The molecule has 3 N–H and O–H groups in total. The first-order valence-electron chi connectivity index (χ1n) is 8.81. The van der Waals surface area contributed by atoms with Crippen LogP contribution in [0.25, 0.3) is 0 Å². The average Bonchev–Trinajstić information content (AvgIpc) is 3.45. The van der Waals surface area contributed by atoms with Crippen LogP contribution in [0.2, 0.25) is 0 Å². The summed E-state index contributed by atoms with van der Waals surface area (Å²) in [7, 11) is 3.12. The van der Waals surface area contributed by atoms with E-state index in [1.165, 1.54) is 13.1 Å². The van der Waals surface area contributed by atoms with E-state index in [2.05, 4.69) is 15.6 Å². The standard InChI is InChI=1S/C20H23N3O4/c1-21-20(26)18-9-13(19(25)23-17-10-14(17)11-24)8-15(22-18)6-12-4-3-5-16(7-12)27-2/h3-5,7-9,14,17,24H,6,10-11H2,1-2H3,(H,21,26)(H,23,25)/t14-,17+/m1/s1. The van der Waals surface area contributed by atoms with Crippen molar-refractivity contribution >= 4 is 11.8 Å². The van der Waals surface area contributed by atoms with Gasteiger partial charge in [-0.05, 0) is 36.2 Å². The highest BCUT2D eigenvalue weighted by atomic mass is 16.5. The molecule has 3 rings (SSSR count). The minimum absolute atomic E-state index is 0.0130. The lowest BCUT2D eigenvalue weighted by Crippen LogP contribution is -2.28. The Morgan fingerprint density at radius 1 is 1.26 bits per heavy atom. The zero-order valence-corrected chi connectivity index (χ0v) is 15.4. The number of aromatic nitrogens is 1. The molecule has 0 bridgehead atoms. The molecule has 1 aliphatic rings. The molecule has 1 saturated carbocycles. The van der Waals surface area contributed by atoms with E-state index in [-0.39, 0.29) is 36.1 Å². The maximum absolute atomic E-state index is 12.6. The van der Waals surface area contributed by atoms with Gasteiger partial charge in [-0.15, -0.1) is 0 Å². The van der Waals surface area contributed by atoms with Crippen LogP contribution in [0, 0.1) is 5.92 Å². The summed E-state index contributed by atoms with van der Waals surface area (Å²) in [6.45, 7) is 0.0614. The number of nitrogens with one attached hydrogen (secondary N) is 2. The molecule has 1 heterocycles. The summed E-state index contributed by atoms with van der Waals surface area (Å²) in [6.07, 6.45) is 1.23. The molecule has 0 aliphatic heterocycles. The van der Waals surface area contributed by atoms with Gasteiger partial charge in [0.15, 0.2) is 0 Å². The number of aliphatic hydroxyl groups is 1. The van der Waals surface area contributed by atoms with Gasteiger partial charge >= 0.3 is 0 Å². The fourth-order valence-electron chi connectivity index (χ4n) is 2.92. The predicted molar refractivity (Wildman–Crippen MR) is 99.9 cm³/mol. The van der Waals surface area contributed by atoms with Crippen molar-refractivity contribution < 1.29 is 19.4 Å². The summed E-state index contributed by atoms with van der Waals surface area (Å²) in [4.78, 5) is 29.0. The molecule has 0 saturated heterocycles. The number of benzene rings is 1. The molecule has 0 radical (unpaired) electrons. The van der Waals surface area contributed by atoms with Gasteiger partial charge in [0.05, 0.1) is 7.11 Å². The van der Waals surface area contributed by atoms with Gasteiger partial charge in [0, 0.05) is 43.3 Å². The van der Waals surface area contributed by atoms with E-state index in [1.807, 2.05) is 24.3 Å². The van der Waals surface area contributed by atoms with Crippen molar-refractivity contribution in [3.63, 3.8) is 0 Å². The van der Waals surface area contributed by atoms with Crippen LogP contribution in [0.5, 0.6) is 5.75 Å². The van der Waals surface area contributed by atoms with Gasteiger partial charge in [-0.3, -0.25) is 9.59 Å². The van der Waals surface area contributed by atoms with E-state index in [4.69, 9.17) is 9.84 Å². The van der Waals surface area contributed by atoms with Crippen molar-refractivity contribution in [2.24, 2.45) is 5.92 Å². The second kappa shape index (κ2) is 8.18. The highest BCUT2D eigenvalue weighted by Crippen LogP contribution is 2.29. The van der Waals surface area contributed by atoms with Gasteiger partial charge in [-0.2, -0.15) is 0 Å². The molecule has 2 atom stereocenters. The lowest BCUT2D eigenvalue weighted by molar-refractivity contribution is 0.0947. The van der Waals surface area contributed by atoms with Crippen LogP contribution in [-0.4, -0.2) is 48.7 Å². The topological polar surface area (TPSA) is 101 Å². The van der Waals surface area contributed by atoms with Gasteiger partial charge in [-0.25, -0.2) is 4.98 Å². The van der Waals surface area contributed by atoms with E-state index in [0.29, 0.717) is 17.7 Å². The molecule has 0 spiro atoms. The molecule has 0 unspecified atom stereocenters. The Balaban J connectivity index is 1.85. The smallest absolute Gasteiger partial charge is 0.269 e. The van der Waals surface area contributed by atoms with Crippen LogP contribution in [-0.2, 0) is 6.42 Å². The van der Waals surface area contributed by atoms with Crippen molar-refractivity contribution in [3.05, 3.63) is 58.9 Å². The Morgan fingerprint density at radius 2 is 2.07 bits per heavy atom. The van der Waals surface area contributed by atoms with Crippen molar-refractivity contribution in [1.82, 2.24) is 15.6 Å². The van der Waals surface area contributed by atoms with Crippen molar-refractivity contribution in [2.75, 3.05) is 20.8 Å². The summed E-state index contributed by atoms with van der Waals surface area (Å²) in [5.41, 5.74) is 2.15. The quantitative estimate of drug-likeness (QED) is 0.680. The molecule has 2 aromatic rings. The molecule has 27 heavy (non-hydrogen) atoms. The Kier molecular flexibility index (Phi) is 5.71. The van der Waals surface area contributed by atoms with Crippen molar-refractivity contribution in [3.8, 4) is 5.75 Å². The Morgan fingerprint density at radius 3 is 2.74 bits per heavy atom. The van der Waals surface area contributed by atoms with Gasteiger partial charge in [0.25, 0.3) is 11.8 Å². The second-order valence-corrected chi connectivity index (χ2v) is 6.60. The lowest BCUT2D eigenvalue weighted by atomic mass is 10.1. The van der Waals surface area contributed by atoms with Gasteiger partial charge in [0.1, 0.15) is 11.4 Å². The van der Waals surface area contributed by atoms with Crippen LogP contribution < -0.4 is 15.4 Å². The number of carbonyl (C=O) groups excluding carboxylic acids is 2.